The van der Waals surface area contributed by atoms with Gasteiger partial charge in [0.05, 0.1) is 24.1 Å². The van der Waals surface area contributed by atoms with Gasteiger partial charge >= 0.3 is 5.69 Å². The second-order valence-corrected chi connectivity index (χ2v) is 4.39. The summed E-state index contributed by atoms with van der Waals surface area (Å²) < 4.78 is 11.4. The molecule has 0 spiro atoms. The normalized spacial score (nSPS) is 11.1. The molecule has 0 radical (unpaired) electrons. The van der Waals surface area contributed by atoms with Gasteiger partial charge in [-0.15, -0.1) is 0 Å². The summed E-state index contributed by atoms with van der Waals surface area (Å²) >= 11 is 0. The van der Waals surface area contributed by atoms with Crippen LogP contribution >= 0.6 is 0 Å². The van der Waals surface area contributed by atoms with Crippen molar-refractivity contribution < 1.29 is 9.47 Å². The molecule has 0 aliphatic heterocycles. The van der Waals surface area contributed by atoms with E-state index in [1.807, 2.05) is 0 Å². The Hall–Kier alpha value is -1.92. The molecule has 20 heavy (non-hydrogen) atoms. The molecule has 2 aromatic rings. The van der Waals surface area contributed by atoms with Crippen molar-refractivity contribution >= 4 is 10.9 Å². The van der Waals surface area contributed by atoms with Crippen molar-refractivity contribution in [1.82, 2.24) is 9.55 Å². The summed E-state index contributed by atoms with van der Waals surface area (Å²) in [6, 6.07) is 6.99. The highest BCUT2D eigenvalue weighted by molar-refractivity contribution is 5.76. The summed E-state index contributed by atoms with van der Waals surface area (Å²) in [5.74, 6) is 0. The number of H-pyrrole nitrogens is 1. The number of aromatic amines is 1. The topological polar surface area (TPSA) is 73.3 Å². The van der Waals surface area contributed by atoms with E-state index < -0.39 is 0 Å². The molecule has 0 aliphatic rings. The molecule has 2 rings (SSSR count). The van der Waals surface area contributed by atoms with Crippen LogP contribution in [0.25, 0.3) is 10.9 Å². The Kier molecular flexibility index (Phi) is 5.09. The number of hydrogen-bond donors (Lipinski definition) is 1. The lowest BCUT2D eigenvalue weighted by atomic mass is 10.2. The Morgan fingerprint density at radius 3 is 2.75 bits per heavy atom. The highest BCUT2D eigenvalue weighted by Crippen LogP contribution is 2.03. The summed E-state index contributed by atoms with van der Waals surface area (Å²) in [5, 5.41) is 0.521. The van der Waals surface area contributed by atoms with Crippen LogP contribution in [-0.2, 0) is 16.0 Å². The van der Waals surface area contributed by atoms with Gasteiger partial charge in [-0.3, -0.25) is 9.36 Å². The monoisotopic (exact) mass is 278 g/mol. The average Bonchev–Trinajstić information content (AvgIpc) is 2.45. The molecular weight excluding hydrogens is 260 g/mol. The minimum absolute atomic E-state index is 0.263. The number of nitrogens with zero attached hydrogens (tertiary/aromatic N) is 1. The van der Waals surface area contributed by atoms with Gasteiger partial charge in [0.15, 0.2) is 0 Å². The molecule has 0 atom stereocenters. The van der Waals surface area contributed by atoms with E-state index in [0.717, 1.165) is 0 Å². The van der Waals surface area contributed by atoms with Gasteiger partial charge in [-0.25, -0.2) is 4.79 Å². The Morgan fingerprint density at radius 2 is 1.95 bits per heavy atom. The average molecular weight is 278 g/mol. The fourth-order valence-corrected chi connectivity index (χ4v) is 1.97. The molecule has 0 unspecified atom stereocenters. The third-order valence-electron chi connectivity index (χ3n) is 2.99. The third kappa shape index (κ3) is 3.34. The summed E-state index contributed by atoms with van der Waals surface area (Å²) in [6.45, 7) is 1.88. The maximum Gasteiger partial charge on any atom is 0.328 e. The predicted octanol–water partition coefficient (Wildman–Crippen LogP) is 0.743. The maximum absolute atomic E-state index is 12.2. The number of aromatic nitrogens is 2. The Labute approximate surface area is 116 Å². The summed E-state index contributed by atoms with van der Waals surface area (Å²) in [7, 11) is 1.61. The van der Waals surface area contributed by atoms with Crippen LogP contribution in [0.3, 0.4) is 0 Å². The van der Waals surface area contributed by atoms with Crippen LogP contribution in [0.1, 0.15) is 6.42 Å². The zero-order valence-corrected chi connectivity index (χ0v) is 11.4. The molecule has 1 N–H and O–H groups in total. The van der Waals surface area contributed by atoms with Crippen molar-refractivity contribution in [2.45, 2.75) is 13.0 Å². The number of ether oxygens (including phenoxy) is 2. The largest absolute Gasteiger partial charge is 0.382 e. The van der Waals surface area contributed by atoms with Gasteiger partial charge in [-0.2, -0.15) is 0 Å². The molecule has 0 amide bonds. The van der Waals surface area contributed by atoms with E-state index in [1.165, 1.54) is 4.57 Å². The van der Waals surface area contributed by atoms with E-state index in [2.05, 4.69) is 4.98 Å². The van der Waals surface area contributed by atoms with E-state index in [9.17, 15) is 9.59 Å². The van der Waals surface area contributed by atoms with Crippen molar-refractivity contribution in [2.24, 2.45) is 0 Å². The Morgan fingerprint density at radius 1 is 1.15 bits per heavy atom. The van der Waals surface area contributed by atoms with E-state index in [4.69, 9.17) is 9.47 Å². The molecule has 6 nitrogen and oxygen atoms in total. The van der Waals surface area contributed by atoms with Crippen LogP contribution in [0.15, 0.2) is 33.9 Å². The van der Waals surface area contributed by atoms with Gasteiger partial charge in [0.1, 0.15) is 0 Å². The quantitative estimate of drug-likeness (QED) is 0.758. The van der Waals surface area contributed by atoms with Gasteiger partial charge < -0.3 is 14.5 Å². The lowest BCUT2D eigenvalue weighted by Gasteiger charge is -2.07. The molecule has 108 valence electrons. The lowest BCUT2D eigenvalue weighted by molar-refractivity contribution is 0.0678. The number of nitrogens with one attached hydrogen (secondary N) is 1. The Bertz CT molecular complexity index is 675. The molecular formula is C14H18N2O4. The van der Waals surface area contributed by atoms with Crippen LogP contribution in [0.4, 0.5) is 0 Å². The van der Waals surface area contributed by atoms with Crippen LogP contribution in [0.2, 0.25) is 0 Å². The standard InChI is InChI=1S/C14H18N2O4/c1-19-9-10-20-8-4-7-16-13(17)11-5-2-3-6-12(11)15-14(16)18/h2-3,5-6H,4,7-10H2,1H3,(H,15,18). The van der Waals surface area contributed by atoms with E-state index in [1.54, 1.807) is 31.4 Å². The van der Waals surface area contributed by atoms with Gasteiger partial charge in [0.2, 0.25) is 0 Å². The van der Waals surface area contributed by atoms with Crippen molar-refractivity contribution in [3.05, 3.63) is 45.1 Å². The van der Waals surface area contributed by atoms with Gasteiger partial charge in [-0.05, 0) is 18.6 Å². The minimum Gasteiger partial charge on any atom is -0.382 e. The fraction of sp³-hybridized carbons (Fsp3) is 0.429. The molecule has 0 fully saturated rings. The number of benzene rings is 1. The number of hydrogen-bond acceptors (Lipinski definition) is 4. The van der Waals surface area contributed by atoms with Gasteiger partial charge in [0, 0.05) is 20.3 Å². The molecule has 1 heterocycles. The SMILES string of the molecule is COCCOCCCn1c(=O)[nH]c2ccccc2c1=O. The molecule has 0 saturated carbocycles. The first-order chi connectivity index (χ1) is 9.74. The molecule has 0 aliphatic carbocycles. The summed E-state index contributed by atoms with van der Waals surface area (Å²) in [6.07, 6.45) is 0.602. The minimum atomic E-state index is -0.384. The third-order valence-corrected chi connectivity index (χ3v) is 2.99. The maximum atomic E-state index is 12.2. The molecule has 1 aromatic heterocycles. The number of para-hydroxylation sites is 1. The predicted molar refractivity (Wildman–Crippen MR) is 76.1 cm³/mol. The zero-order chi connectivity index (χ0) is 14.4. The van der Waals surface area contributed by atoms with E-state index in [0.29, 0.717) is 43.7 Å². The lowest BCUT2D eigenvalue weighted by Crippen LogP contribution is -2.35. The van der Waals surface area contributed by atoms with Crippen molar-refractivity contribution in [3.8, 4) is 0 Å². The summed E-state index contributed by atoms with van der Waals surface area (Å²) in [4.78, 5) is 26.8. The molecule has 6 heteroatoms. The second-order valence-electron chi connectivity index (χ2n) is 4.39. The van der Waals surface area contributed by atoms with Crippen LogP contribution < -0.4 is 11.2 Å². The van der Waals surface area contributed by atoms with E-state index >= 15 is 0 Å². The van der Waals surface area contributed by atoms with Crippen LogP contribution in [0, 0.1) is 0 Å². The summed E-state index contributed by atoms with van der Waals surface area (Å²) in [5.41, 5.74) is -0.0815. The van der Waals surface area contributed by atoms with Crippen molar-refractivity contribution in [3.63, 3.8) is 0 Å². The highest BCUT2D eigenvalue weighted by atomic mass is 16.5. The smallest absolute Gasteiger partial charge is 0.328 e. The number of rotatable bonds is 7. The highest BCUT2D eigenvalue weighted by Gasteiger charge is 2.06. The van der Waals surface area contributed by atoms with Crippen molar-refractivity contribution in [2.75, 3.05) is 26.9 Å². The first-order valence-electron chi connectivity index (χ1n) is 6.52. The fourth-order valence-electron chi connectivity index (χ4n) is 1.97. The number of methoxy groups -OCH3 is 1. The van der Waals surface area contributed by atoms with Crippen LogP contribution in [0.5, 0.6) is 0 Å². The second kappa shape index (κ2) is 7.02. The molecule has 0 saturated heterocycles. The molecule has 1 aromatic carbocycles. The zero-order valence-electron chi connectivity index (χ0n) is 11.4. The van der Waals surface area contributed by atoms with Crippen molar-refractivity contribution in [1.29, 1.82) is 0 Å². The van der Waals surface area contributed by atoms with Gasteiger partial charge in [-0.1, -0.05) is 12.1 Å². The van der Waals surface area contributed by atoms with E-state index in [-0.39, 0.29) is 11.2 Å². The Balaban J connectivity index is 2.07. The van der Waals surface area contributed by atoms with Crippen LogP contribution in [-0.4, -0.2) is 36.5 Å². The molecule has 0 bridgehead atoms. The van der Waals surface area contributed by atoms with Gasteiger partial charge in [0.25, 0.3) is 5.56 Å². The first-order valence-corrected chi connectivity index (χ1v) is 6.52. The first kappa shape index (κ1) is 14.5. The number of fused-ring (bicyclic) bond motifs is 1.